The Balaban J connectivity index is 1.62. The Kier molecular flexibility index (Phi) is 6.50. The van der Waals surface area contributed by atoms with Crippen molar-refractivity contribution in [2.24, 2.45) is 0 Å². The predicted molar refractivity (Wildman–Crippen MR) is 92.6 cm³/mol. The summed E-state index contributed by atoms with van der Waals surface area (Å²) in [6, 6.07) is 15.3. The van der Waals surface area contributed by atoms with E-state index in [2.05, 4.69) is 16.0 Å². The highest BCUT2D eigenvalue weighted by molar-refractivity contribution is 7.80. The van der Waals surface area contributed by atoms with Crippen LogP contribution in [0.1, 0.15) is 15.9 Å². The standard InChI is InChI=1S/C17H18FN3OS/c18-15-8-6-14(7-9-15)16(22)19-10-11-20-17(23)21-12-13-4-2-1-3-5-13/h1-9H,10-12H2,(H,19,22)(H2,20,21,23). The molecule has 0 aliphatic rings. The number of carbonyl (C=O) groups excluding carboxylic acids is 1. The summed E-state index contributed by atoms with van der Waals surface area (Å²) in [4.78, 5) is 11.8. The average Bonchev–Trinajstić information content (AvgIpc) is 2.58. The Hall–Kier alpha value is -2.47. The van der Waals surface area contributed by atoms with Gasteiger partial charge in [0.1, 0.15) is 5.82 Å². The van der Waals surface area contributed by atoms with E-state index in [1.807, 2.05) is 30.3 Å². The van der Waals surface area contributed by atoms with Crippen molar-refractivity contribution < 1.29 is 9.18 Å². The van der Waals surface area contributed by atoms with Gasteiger partial charge in [0.25, 0.3) is 5.91 Å². The van der Waals surface area contributed by atoms with Crippen LogP contribution in [0, 0.1) is 5.82 Å². The minimum Gasteiger partial charge on any atom is -0.361 e. The van der Waals surface area contributed by atoms with E-state index in [4.69, 9.17) is 12.2 Å². The van der Waals surface area contributed by atoms with Gasteiger partial charge in [-0.3, -0.25) is 4.79 Å². The summed E-state index contributed by atoms with van der Waals surface area (Å²) in [6.07, 6.45) is 0. The van der Waals surface area contributed by atoms with Gasteiger partial charge in [-0.15, -0.1) is 0 Å². The zero-order valence-corrected chi connectivity index (χ0v) is 13.3. The molecular weight excluding hydrogens is 313 g/mol. The van der Waals surface area contributed by atoms with Crippen LogP contribution in [0.3, 0.4) is 0 Å². The van der Waals surface area contributed by atoms with E-state index in [9.17, 15) is 9.18 Å². The molecule has 3 N–H and O–H groups in total. The van der Waals surface area contributed by atoms with Crippen LogP contribution < -0.4 is 16.0 Å². The van der Waals surface area contributed by atoms with Crippen LogP contribution in [0.15, 0.2) is 54.6 Å². The second kappa shape index (κ2) is 8.85. The van der Waals surface area contributed by atoms with E-state index in [1.54, 1.807) is 0 Å². The first-order valence-electron chi connectivity index (χ1n) is 7.24. The zero-order valence-electron chi connectivity index (χ0n) is 12.5. The van der Waals surface area contributed by atoms with Crippen LogP contribution in [0.2, 0.25) is 0 Å². The third-order valence-corrected chi connectivity index (χ3v) is 3.39. The smallest absolute Gasteiger partial charge is 0.251 e. The molecule has 1 amide bonds. The molecule has 0 bridgehead atoms. The number of rotatable bonds is 6. The molecule has 2 rings (SSSR count). The second-order valence-electron chi connectivity index (χ2n) is 4.86. The Morgan fingerprint density at radius 3 is 2.26 bits per heavy atom. The molecule has 23 heavy (non-hydrogen) atoms. The molecule has 0 unspecified atom stereocenters. The molecule has 0 atom stereocenters. The number of amides is 1. The van der Waals surface area contributed by atoms with Crippen molar-refractivity contribution in [1.29, 1.82) is 0 Å². The Morgan fingerprint density at radius 2 is 1.57 bits per heavy atom. The number of nitrogens with one attached hydrogen (secondary N) is 3. The number of halogens is 1. The molecule has 0 aliphatic heterocycles. The lowest BCUT2D eigenvalue weighted by molar-refractivity contribution is 0.0954. The second-order valence-corrected chi connectivity index (χ2v) is 5.27. The van der Waals surface area contributed by atoms with Crippen molar-refractivity contribution in [3.05, 3.63) is 71.5 Å². The van der Waals surface area contributed by atoms with Gasteiger partial charge in [0.2, 0.25) is 0 Å². The van der Waals surface area contributed by atoms with Gasteiger partial charge in [-0.25, -0.2) is 4.39 Å². The largest absolute Gasteiger partial charge is 0.361 e. The van der Waals surface area contributed by atoms with E-state index >= 15 is 0 Å². The number of thiocarbonyl (C=S) groups is 1. The highest BCUT2D eigenvalue weighted by Crippen LogP contribution is 2.02. The summed E-state index contributed by atoms with van der Waals surface area (Å²) in [5.74, 6) is -0.604. The fourth-order valence-corrected chi connectivity index (χ4v) is 2.07. The normalized spacial score (nSPS) is 9.96. The molecule has 0 radical (unpaired) electrons. The van der Waals surface area contributed by atoms with E-state index in [0.717, 1.165) is 5.56 Å². The average molecular weight is 331 g/mol. The van der Waals surface area contributed by atoms with Crippen molar-refractivity contribution >= 4 is 23.2 Å². The molecule has 6 heteroatoms. The van der Waals surface area contributed by atoms with Crippen molar-refractivity contribution in [3.8, 4) is 0 Å². The van der Waals surface area contributed by atoms with E-state index < -0.39 is 0 Å². The van der Waals surface area contributed by atoms with Gasteiger partial charge in [0.05, 0.1) is 0 Å². The van der Waals surface area contributed by atoms with Gasteiger partial charge in [-0.05, 0) is 42.0 Å². The first-order valence-corrected chi connectivity index (χ1v) is 7.65. The van der Waals surface area contributed by atoms with Crippen LogP contribution in [0.5, 0.6) is 0 Å². The van der Waals surface area contributed by atoms with Gasteiger partial charge in [-0.1, -0.05) is 30.3 Å². The highest BCUT2D eigenvalue weighted by atomic mass is 32.1. The van der Waals surface area contributed by atoms with Crippen molar-refractivity contribution in [3.63, 3.8) is 0 Å². The van der Waals surface area contributed by atoms with E-state index in [0.29, 0.717) is 30.3 Å². The van der Waals surface area contributed by atoms with Gasteiger partial charge >= 0.3 is 0 Å². The molecule has 0 fully saturated rings. The zero-order chi connectivity index (χ0) is 16.5. The van der Waals surface area contributed by atoms with Crippen LogP contribution in [0.25, 0.3) is 0 Å². The summed E-state index contributed by atoms with van der Waals surface area (Å²) in [7, 11) is 0. The van der Waals surface area contributed by atoms with Gasteiger partial charge in [0.15, 0.2) is 5.11 Å². The van der Waals surface area contributed by atoms with E-state index in [-0.39, 0.29) is 11.7 Å². The predicted octanol–water partition coefficient (Wildman–Crippen LogP) is 2.22. The fraction of sp³-hybridized carbons (Fsp3) is 0.176. The molecule has 0 heterocycles. The van der Waals surface area contributed by atoms with Gasteiger partial charge in [-0.2, -0.15) is 0 Å². The number of benzene rings is 2. The lowest BCUT2D eigenvalue weighted by atomic mass is 10.2. The minimum absolute atomic E-state index is 0.241. The summed E-state index contributed by atoms with van der Waals surface area (Å²) < 4.78 is 12.8. The molecular formula is C17H18FN3OS. The van der Waals surface area contributed by atoms with Crippen LogP contribution in [-0.4, -0.2) is 24.1 Å². The quantitative estimate of drug-likeness (QED) is 0.561. The van der Waals surface area contributed by atoms with Crippen LogP contribution >= 0.6 is 12.2 Å². The monoisotopic (exact) mass is 331 g/mol. The van der Waals surface area contributed by atoms with Crippen molar-refractivity contribution in [2.45, 2.75) is 6.54 Å². The molecule has 0 aliphatic carbocycles. The third-order valence-electron chi connectivity index (χ3n) is 3.10. The first kappa shape index (κ1) is 16.9. The summed E-state index contributed by atoms with van der Waals surface area (Å²) in [6.45, 7) is 1.57. The molecule has 0 spiro atoms. The molecule has 2 aromatic carbocycles. The Morgan fingerprint density at radius 1 is 0.913 bits per heavy atom. The molecule has 4 nitrogen and oxygen atoms in total. The van der Waals surface area contributed by atoms with Crippen LogP contribution in [0.4, 0.5) is 4.39 Å². The number of carbonyl (C=O) groups is 1. The minimum atomic E-state index is -0.363. The third kappa shape index (κ3) is 6.04. The number of hydrogen-bond acceptors (Lipinski definition) is 2. The molecule has 2 aromatic rings. The van der Waals surface area contributed by atoms with Crippen molar-refractivity contribution in [1.82, 2.24) is 16.0 Å². The summed E-state index contributed by atoms with van der Waals surface area (Å²) >= 11 is 5.16. The van der Waals surface area contributed by atoms with Gasteiger partial charge in [0, 0.05) is 25.2 Å². The lowest BCUT2D eigenvalue weighted by Gasteiger charge is -2.11. The molecule has 0 saturated heterocycles. The SMILES string of the molecule is O=C(NCCNC(=S)NCc1ccccc1)c1ccc(F)cc1. The maximum atomic E-state index is 12.8. The van der Waals surface area contributed by atoms with Crippen molar-refractivity contribution in [2.75, 3.05) is 13.1 Å². The maximum Gasteiger partial charge on any atom is 0.251 e. The Bertz CT molecular complexity index is 647. The molecule has 120 valence electrons. The van der Waals surface area contributed by atoms with Gasteiger partial charge < -0.3 is 16.0 Å². The fourth-order valence-electron chi connectivity index (χ4n) is 1.90. The molecule has 0 aromatic heterocycles. The first-order chi connectivity index (χ1) is 11.1. The number of hydrogen-bond donors (Lipinski definition) is 3. The summed E-state index contributed by atoms with van der Waals surface area (Å²) in [5, 5.41) is 9.37. The summed E-state index contributed by atoms with van der Waals surface area (Å²) in [5.41, 5.74) is 1.57. The van der Waals surface area contributed by atoms with Crippen LogP contribution in [-0.2, 0) is 6.54 Å². The highest BCUT2D eigenvalue weighted by Gasteiger charge is 2.04. The maximum absolute atomic E-state index is 12.8. The van der Waals surface area contributed by atoms with E-state index in [1.165, 1.54) is 24.3 Å². The Labute approximate surface area is 140 Å². The molecule has 0 saturated carbocycles. The lowest BCUT2D eigenvalue weighted by Crippen LogP contribution is -2.39. The topological polar surface area (TPSA) is 53.2 Å².